The van der Waals surface area contributed by atoms with Crippen LogP contribution in [0.1, 0.15) is 49.4 Å². The van der Waals surface area contributed by atoms with Gasteiger partial charge in [-0.05, 0) is 25.1 Å². The van der Waals surface area contributed by atoms with Crippen LogP contribution in [0.4, 0.5) is 0 Å². The number of carbonyl (C=O) groups is 1. The van der Waals surface area contributed by atoms with Crippen LogP contribution < -0.4 is 10.2 Å². The topological polar surface area (TPSA) is 79.4 Å². The van der Waals surface area contributed by atoms with Crippen molar-refractivity contribution in [3.8, 4) is 5.75 Å². The van der Waals surface area contributed by atoms with E-state index in [-0.39, 0.29) is 11.3 Å². The van der Waals surface area contributed by atoms with Crippen LogP contribution in [0.25, 0.3) is 0 Å². The van der Waals surface area contributed by atoms with Gasteiger partial charge in [-0.2, -0.15) is 10.2 Å². The largest absolute Gasteiger partial charge is 0.497 e. The maximum atomic E-state index is 12.1. The Morgan fingerprint density at radius 1 is 1.30 bits per heavy atom. The Bertz CT molecular complexity index is 726. The van der Waals surface area contributed by atoms with E-state index in [1.807, 2.05) is 52.0 Å². The molecule has 2 N–H and O–H groups in total. The zero-order valence-electron chi connectivity index (χ0n) is 14.1. The first-order chi connectivity index (χ1) is 10.8. The third kappa shape index (κ3) is 4.18. The van der Waals surface area contributed by atoms with Crippen molar-refractivity contribution in [3.63, 3.8) is 0 Å². The van der Waals surface area contributed by atoms with Gasteiger partial charge in [-0.15, -0.1) is 0 Å². The van der Waals surface area contributed by atoms with Crippen LogP contribution in [0.15, 0.2) is 35.4 Å². The minimum Gasteiger partial charge on any atom is -0.497 e. The summed E-state index contributed by atoms with van der Waals surface area (Å²) in [6, 6.07) is 9.23. The first kappa shape index (κ1) is 16.7. The number of hydrazone groups is 1. The maximum absolute atomic E-state index is 12.1. The predicted molar refractivity (Wildman–Crippen MR) is 90.0 cm³/mol. The minimum absolute atomic E-state index is 0.0920. The van der Waals surface area contributed by atoms with Gasteiger partial charge in [0, 0.05) is 16.7 Å². The third-order valence-electron chi connectivity index (χ3n) is 3.43. The summed E-state index contributed by atoms with van der Waals surface area (Å²) < 4.78 is 5.18. The van der Waals surface area contributed by atoms with Crippen molar-refractivity contribution < 1.29 is 9.53 Å². The Morgan fingerprint density at radius 3 is 2.65 bits per heavy atom. The number of hydrogen-bond acceptors (Lipinski definition) is 4. The molecule has 0 unspecified atom stereocenters. The number of methoxy groups -OCH3 is 1. The van der Waals surface area contributed by atoms with Gasteiger partial charge in [0.2, 0.25) is 0 Å². The third-order valence-corrected chi connectivity index (χ3v) is 3.43. The van der Waals surface area contributed by atoms with E-state index in [1.54, 1.807) is 13.2 Å². The molecule has 2 rings (SSSR count). The molecule has 0 radical (unpaired) electrons. The molecule has 0 aliphatic carbocycles. The zero-order chi connectivity index (χ0) is 17.0. The Balaban J connectivity index is 2.09. The van der Waals surface area contributed by atoms with Crippen molar-refractivity contribution in [1.29, 1.82) is 0 Å². The van der Waals surface area contributed by atoms with E-state index in [2.05, 4.69) is 20.7 Å². The Labute approximate surface area is 135 Å². The fraction of sp³-hybridized carbons (Fsp3) is 0.353. The number of amides is 1. The highest BCUT2D eigenvalue weighted by Gasteiger charge is 2.19. The zero-order valence-corrected chi connectivity index (χ0v) is 14.1. The number of nitrogens with zero attached hydrogens (tertiary/aromatic N) is 2. The van der Waals surface area contributed by atoms with Crippen molar-refractivity contribution in [2.24, 2.45) is 5.10 Å². The van der Waals surface area contributed by atoms with Gasteiger partial charge in [0.1, 0.15) is 5.75 Å². The molecule has 1 amide bonds. The second-order valence-electron chi connectivity index (χ2n) is 6.29. The van der Waals surface area contributed by atoms with Crippen LogP contribution in [-0.2, 0) is 5.41 Å². The molecule has 6 nitrogen and oxygen atoms in total. The quantitative estimate of drug-likeness (QED) is 0.672. The molecule has 1 aromatic heterocycles. The van der Waals surface area contributed by atoms with Gasteiger partial charge in [0.05, 0.1) is 12.8 Å². The number of rotatable bonds is 4. The van der Waals surface area contributed by atoms with Gasteiger partial charge in [-0.25, -0.2) is 5.43 Å². The average Bonchev–Trinajstić information content (AvgIpc) is 3.02. The summed E-state index contributed by atoms with van der Waals surface area (Å²) in [6.07, 6.45) is 0. The van der Waals surface area contributed by atoms with E-state index in [4.69, 9.17) is 4.74 Å². The van der Waals surface area contributed by atoms with Gasteiger partial charge in [0.15, 0.2) is 5.69 Å². The van der Waals surface area contributed by atoms with Crippen LogP contribution in [0, 0.1) is 0 Å². The molecule has 0 fully saturated rings. The van der Waals surface area contributed by atoms with Gasteiger partial charge in [0.25, 0.3) is 5.91 Å². The van der Waals surface area contributed by atoms with E-state index in [0.717, 1.165) is 17.0 Å². The first-order valence-corrected chi connectivity index (χ1v) is 7.36. The number of hydrogen-bond donors (Lipinski definition) is 2. The summed E-state index contributed by atoms with van der Waals surface area (Å²) >= 11 is 0. The average molecular weight is 314 g/mol. The van der Waals surface area contributed by atoms with Gasteiger partial charge >= 0.3 is 0 Å². The van der Waals surface area contributed by atoms with Crippen LogP contribution in [-0.4, -0.2) is 28.9 Å². The van der Waals surface area contributed by atoms with E-state index in [9.17, 15) is 4.79 Å². The van der Waals surface area contributed by atoms with E-state index < -0.39 is 0 Å². The van der Waals surface area contributed by atoms with Crippen molar-refractivity contribution >= 4 is 11.6 Å². The molecule has 0 aliphatic rings. The molecule has 0 saturated carbocycles. The second-order valence-corrected chi connectivity index (χ2v) is 6.29. The number of nitrogens with one attached hydrogen (secondary N) is 2. The van der Waals surface area contributed by atoms with E-state index >= 15 is 0 Å². The van der Waals surface area contributed by atoms with E-state index in [0.29, 0.717) is 11.4 Å². The summed E-state index contributed by atoms with van der Waals surface area (Å²) in [5.74, 6) is 0.393. The molecule has 0 aliphatic heterocycles. The van der Waals surface area contributed by atoms with Crippen LogP contribution in [0.3, 0.4) is 0 Å². The van der Waals surface area contributed by atoms with Crippen molar-refractivity contribution in [1.82, 2.24) is 15.6 Å². The maximum Gasteiger partial charge on any atom is 0.291 e. The molecule has 1 aromatic carbocycles. The fourth-order valence-corrected chi connectivity index (χ4v) is 1.93. The Morgan fingerprint density at radius 2 is 2.04 bits per heavy atom. The van der Waals surface area contributed by atoms with Gasteiger partial charge < -0.3 is 4.74 Å². The number of aromatic amines is 1. The number of aromatic nitrogens is 2. The lowest BCUT2D eigenvalue weighted by Gasteiger charge is -2.14. The summed E-state index contributed by atoms with van der Waals surface area (Å²) in [6.45, 7) is 7.97. The van der Waals surface area contributed by atoms with Crippen molar-refractivity contribution in [2.45, 2.75) is 33.1 Å². The van der Waals surface area contributed by atoms with Crippen LogP contribution in [0.5, 0.6) is 5.75 Å². The lowest BCUT2D eigenvalue weighted by molar-refractivity contribution is 0.0950. The number of benzene rings is 1. The number of ether oxygens (including phenoxy) is 1. The second kappa shape index (κ2) is 6.64. The fourth-order valence-electron chi connectivity index (χ4n) is 1.93. The Kier molecular flexibility index (Phi) is 4.83. The van der Waals surface area contributed by atoms with Crippen LogP contribution >= 0.6 is 0 Å². The molecule has 0 atom stereocenters. The molecule has 0 bridgehead atoms. The SMILES string of the molecule is COc1cccc(C(C)=NNC(=O)c2cc(C(C)(C)C)[nH]n2)c1. The standard InChI is InChI=1S/C17H22N4O2/c1-11(12-7-6-8-13(9-12)23-5)18-21-16(22)14-10-15(20-19-14)17(2,3)4/h6-10H,1-5H3,(H,19,20)(H,21,22). The first-order valence-electron chi connectivity index (χ1n) is 7.36. The summed E-state index contributed by atoms with van der Waals surface area (Å²) in [5, 5.41) is 11.0. The summed E-state index contributed by atoms with van der Waals surface area (Å²) in [4.78, 5) is 12.1. The highest BCUT2D eigenvalue weighted by Crippen LogP contribution is 2.20. The number of H-pyrrole nitrogens is 1. The molecule has 0 spiro atoms. The minimum atomic E-state index is -0.348. The van der Waals surface area contributed by atoms with Crippen LogP contribution in [0.2, 0.25) is 0 Å². The highest BCUT2D eigenvalue weighted by atomic mass is 16.5. The molecule has 0 saturated heterocycles. The molecule has 122 valence electrons. The lowest BCUT2D eigenvalue weighted by Crippen LogP contribution is -2.19. The highest BCUT2D eigenvalue weighted by molar-refractivity contribution is 6.00. The van der Waals surface area contributed by atoms with Crippen molar-refractivity contribution in [3.05, 3.63) is 47.3 Å². The summed E-state index contributed by atoms with van der Waals surface area (Å²) in [5.41, 5.74) is 5.21. The molecule has 6 heteroatoms. The normalized spacial score (nSPS) is 12.1. The van der Waals surface area contributed by atoms with E-state index in [1.165, 1.54) is 0 Å². The van der Waals surface area contributed by atoms with Gasteiger partial charge in [-0.1, -0.05) is 32.9 Å². The van der Waals surface area contributed by atoms with Gasteiger partial charge in [-0.3, -0.25) is 9.89 Å². The predicted octanol–water partition coefficient (Wildman–Crippen LogP) is 2.87. The lowest BCUT2D eigenvalue weighted by atomic mass is 9.92. The molecular weight excluding hydrogens is 292 g/mol. The number of carbonyl (C=O) groups excluding carboxylic acids is 1. The smallest absolute Gasteiger partial charge is 0.291 e. The molecular formula is C17H22N4O2. The molecule has 23 heavy (non-hydrogen) atoms. The molecule has 1 heterocycles. The van der Waals surface area contributed by atoms with Crippen molar-refractivity contribution in [2.75, 3.05) is 7.11 Å². The summed E-state index contributed by atoms with van der Waals surface area (Å²) in [7, 11) is 1.61. The Hall–Kier alpha value is -2.63. The molecule has 2 aromatic rings. The monoisotopic (exact) mass is 314 g/mol.